The average Bonchev–Trinajstić information content (AvgIpc) is 2.91. The van der Waals surface area contributed by atoms with Gasteiger partial charge in [0.1, 0.15) is 12.6 Å². The van der Waals surface area contributed by atoms with Gasteiger partial charge in [0, 0.05) is 18.1 Å². The molecule has 3 aromatic carbocycles. The molecule has 0 saturated heterocycles. The van der Waals surface area contributed by atoms with E-state index in [-0.39, 0.29) is 17.3 Å². The molecule has 3 aromatic rings. The minimum atomic E-state index is -4.06. The molecular formula is C28H32ClN3O4S. The van der Waals surface area contributed by atoms with Crippen molar-refractivity contribution in [2.45, 2.75) is 44.2 Å². The van der Waals surface area contributed by atoms with Gasteiger partial charge in [-0.3, -0.25) is 13.9 Å². The highest BCUT2D eigenvalue weighted by atomic mass is 35.5. The lowest BCUT2D eigenvalue weighted by atomic mass is 10.1. The molecule has 0 unspecified atom stereocenters. The van der Waals surface area contributed by atoms with Gasteiger partial charge in [-0.1, -0.05) is 73.5 Å². The normalized spacial score (nSPS) is 12.0. The lowest BCUT2D eigenvalue weighted by molar-refractivity contribution is -0.139. The summed E-state index contributed by atoms with van der Waals surface area (Å²) in [6.07, 6.45) is 1.74. The van der Waals surface area contributed by atoms with Crippen molar-refractivity contribution in [2.75, 3.05) is 17.4 Å². The van der Waals surface area contributed by atoms with Gasteiger partial charge in [-0.15, -0.1) is 0 Å². The minimum Gasteiger partial charge on any atom is -0.354 e. The molecule has 0 saturated carbocycles. The van der Waals surface area contributed by atoms with E-state index in [2.05, 4.69) is 5.32 Å². The van der Waals surface area contributed by atoms with E-state index in [4.69, 9.17) is 11.6 Å². The molecule has 1 N–H and O–H groups in total. The number of hydrogen-bond acceptors (Lipinski definition) is 4. The highest BCUT2D eigenvalue weighted by Gasteiger charge is 2.32. The number of unbranched alkanes of at least 4 members (excludes halogenated alkanes) is 1. The molecule has 2 amide bonds. The maximum absolute atomic E-state index is 13.8. The van der Waals surface area contributed by atoms with Crippen LogP contribution in [0.15, 0.2) is 89.8 Å². The number of benzene rings is 3. The first-order valence-electron chi connectivity index (χ1n) is 12.2. The Balaban J connectivity index is 1.95. The summed E-state index contributed by atoms with van der Waals surface area (Å²) in [5, 5.41) is 3.42. The quantitative estimate of drug-likeness (QED) is 0.331. The Morgan fingerprint density at radius 2 is 1.51 bits per heavy atom. The van der Waals surface area contributed by atoms with Crippen molar-refractivity contribution in [1.29, 1.82) is 0 Å². The van der Waals surface area contributed by atoms with E-state index in [1.54, 1.807) is 79.7 Å². The molecule has 196 valence electrons. The molecule has 0 aliphatic rings. The van der Waals surface area contributed by atoms with Gasteiger partial charge in [-0.2, -0.15) is 0 Å². The molecule has 0 heterocycles. The highest BCUT2D eigenvalue weighted by Crippen LogP contribution is 2.24. The summed E-state index contributed by atoms with van der Waals surface area (Å²) in [5.74, 6) is -0.801. The molecule has 3 rings (SSSR count). The van der Waals surface area contributed by atoms with E-state index in [0.29, 0.717) is 17.3 Å². The van der Waals surface area contributed by atoms with Crippen molar-refractivity contribution in [3.05, 3.63) is 95.5 Å². The zero-order valence-corrected chi connectivity index (χ0v) is 22.6. The third-order valence-corrected chi connectivity index (χ3v) is 7.96. The van der Waals surface area contributed by atoms with Crippen molar-refractivity contribution in [3.63, 3.8) is 0 Å². The summed E-state index contributed by atoms with van der Waals surface area (Å²) in [4.78, 5) is 28.2. The first kappa shape index (κ1) is 28.2. The predicted molar refractivity (Wildman–Crippen MR) is 147 cm³/mol. The number of halogens is 1. The molecule has 0 bridgehead atoms. The van der Waals surface area contributed by atoms with Crippen LogP contribution < -0.4 is 9.62 Å². The summed E-state index contributed by atoms with van der Waals surface area (Å²) < 4.78 is 28.3. The molecule has 0 aliphatic carbocycles. The Morgan fingerprint density at radius 1 is 0.919 bits per heavy atom. The summed E-state index contributed by atoms with van der Waals surface area (Å²) in [7, 11) is -4.06. The Labute approximate surface area is 224 Å². The fraction of sp³-hybridized carbons (Fsp3) is 0.286. The molecule has 37 heavy (non-hydrogen) atoms. The van der Waals surface area contributed by atoms with Gasteiger partial charge in [-0.05, 0) is 55.3 Å². The standard InChI is InChI=1S/C28H32ClN3O4S/c1-3-4-19-30-28(34)22(2)31(20-23-15-17-24(29)18-16-23)27(33)21-32(25-11-7-5-8-12-25)37(35,36)26-13-9-6-10-14-26/h5-18,22H,3-4,19-21H2,1-2H3,(H,30,34)/t22-/m0/s1. The Kier molecular flexibility index (Phi) is 10.1. The van der Waals surface area contributed by atoms with Crippen LogP contribution in [-0.2, 0) is 26.2 Å². The maximum atomic E-state index is 13.8. The number of hydrogen-bond donors (Lipinski definition) is 1. The summed E-state index contributed by atoms with van der Waals surface area (Å²) in [5.41, 5.74) is 1.12. The zero-order chi connectivity index (χ0) is 26.8. The van der Waals surface area contributed by atoms with Gasteiger partial charge in [0.05, 0.1) is 10.6 Å². The molecule has 0 spiro atoms. The van der Waals surface area contributed by atoms with Crippen LogP contribution in [0.3, 0.4) is 0 Å². The van der Waals surface area contributed by atoms with Crippen molar-refractivity contribution >= 4 is 39.1 Å². The lowest BCUT2D eigenvalue weighted by Gasteiger charge is -2.32. The maximum Gasteiger partial charge on any atom is 0.264 e. The number of anilines is 1. The number of nitrogens with zero attached hydrogens (tertiary/aromatic N) is 2. The monoisotopic (exact) mass is 541 g/mol. The zero-order valence-electron chi connectivity index (χ0n) is 21.0. The van der Waals surface area contributed by atoms with Crippen molar-refractivity contribution in [3.8, 4) is 0 Å². The van der Waals surface area contributed by atoms with Crippen LogP contribution in [-0.4, -0.2) is 44.3 Å². The molecule has 0 radical (unpaired) electrons. The van der Waals surface area contributed by atoms with Crippen LogP contribution in [0.5, 0.6) is 0 Å². The molecule has 0 fully saturated rings. The van der Waals surface area contributed by atoms with Crippen LogP contribution in [0.25, 0.3) is 0 Å². The second kappa shape index (κ2) is 13.3. The van der Waals surface area contributed by atoms with Crippen molar-refractivity contribution in [1.82, 2.24) is 10.2 Å². The predicted octanol–water partition coefficient (Wildman–Crippen LogP) is 4.87. The topological polar surface area (TPSA) is 86.8 Å². The van der Waals surface area contributed by atoms with Gasteiger partial charge in [0.25, 0.3) is 10.0 Å². The third-order valence-electron chi connectivity index (χ3n) is 5.92. The van der Waals surface area contributed by atoms with Gasteiger partial charge >= 0.3 is 0 Å². The fourth-order valence-electron chi connectivity index (χ4n) is 3.75. The molecule has 0 aliphatic heterocycles. The van der Waals surface area contributed by atoms with Crippen LogP contribution in [0, 0.1) is 0 Å². The number of carbonyl (C=O) groups excluding carboxylic acids is 2. The second-order valence-corrected chi connectivity index (χ2v) is 10.9. The lowest BCUT2D eigenvalue weighted by Crippen LogP contribution is -2.51. The van der Waals surface area contributed by atoms with Crippen LogP contribution in [0.2, 0.25) is 5.02 Å². The smallest absolute Gasteiger partial charge is 0.264 e. The number of carbonyl (C=O) groups is 2. The molecular weight excluding hydrogens is 510 g/mol. The highest BCUT2D eigenvalue weighted by molar-refractivity contribution is 7.92. The SMILES string of the molecule is CCCCNC(=O)[C@H](C)N(Cc1ccc(Cl)cc1)C(=O)CN(c1ccccc1)S(=O)(=O)c1ccccc1. The third kappa shape index (κ3) is 7.57. The van der Waals surface area contributed by atoms with E-state index in [0.717, 1.165) is 22.7 Å². The van der Waals surface area contributed by atoms with E-state index >= 15 is 0 Å². The van der Waals surface area contributed by atoms with E-state index < -0.39 is 28.5 Å². The number of rotatable bonds is 12. The number of amides is 2. The van der Waals surface area contributed by atoms with E-state index in [9.17, 15) is 18.0 Å². The van der Waals surface area contributed by atoms with Crippen molar-refractivity contribution < 1.29 is 18.0 Å². The molecule has 0 aromatic heterocycles. The molecule has 1 atom stereocenters. The number of para-hydroxylation sites is 1. The number of nitrogens with one attached hydrogen (secondary N) is 1. The van der Waals surface area contributed by atoms with Crippen molar-refractivity contribution in [2.24, 2.45) is 0 Å². The fourth-order valence-corrected chi connectivity index (χ4v) is 5.31. The molecule has 7 nitrogen and oxygen atoms in total. The largest absolute Gasteiger partial charge is 0.354 e. The first-order chi connectivity index (χ1) is 17.7. The minimum absolute atomic E-state index is 0.0706. The van der Waals surface area contributed by atoms with E-state index in [1.807, 2.05) is 6.92 Å². The van der Waals surface area contributed by atoms with Gasteiger partial charge in [-0.25, -0.2) is 8.42 Å². The second-order valence-electron chi connectivity index (χ2n) is 8.63. The van der Waals surface area contributed by atoms with Gasteiger partial charge < -0.3 is 10.2 Å². The van der Waals surface area contributed by atoms with Gasteiger partial charge in [0.15, 0.2) is 0 Å². The summed E-state index contributed by atoms with van der Waals surface area (Å²) in [6, 6.07) is 22.6. The Morgan fingerprint density at radius 3 is 2.11 bits per heavy atom. The van der Waals surface area contributed by atoms with Gasteiger partial charge in [0.2, 0.25) is 11.8 Å². The van der Waals surface area contributed by atoms with Crippen LogP contribution in [0.1, 0.15) is 32.3 Å². The number of sulfonamides is 1. The Hall–Kier alpha value is -3.36. The van der Waals surface area contributed by atoms with E-state index in [1.165, 1.54) is 17.0 Å². The van der Waals surface area contributed by atoms with Crippen LogP contribution >= 0.6 is 11.6 Å². The Bertz CT molecular complexity index is 1270. The molecule has 9 heteroatoms. The first-order valence-corrected chi connectivity index (χ1v) is 14.0. The average molecular weight is 542 g/mol. The van der Waals surface area contributed by atoms with Crippen LogP contribution in [0.4, 0.5) is 5.69 Å². The summed E-state index contributed by atoms with van der Waals surface area (Å²) >= 11 is 6.02. The summed E-state index contributed by atoms with van der Waals surface area (Å²) in [6.45, 7) is 3.82.